The van der Waals surface area contributed by atoms with Gasteiger partial charge in [0.05, 0.1) is 67.6 Å². The van der Waals surface area contributed by atoms with Gasteiger partial charge in [-0.3, -0.25) is 0 Å². The lowest BCUT2D eigenvalue weighted by Gasteiger charge is -2.23. The second kappa shape index (κ2) is 15.1. The van der Waals surface area contributed by atoms with Crippen molar-refractivity contribution < 1.29 is 13.2 Å². The van der Waals surface area contributed by atoms with Gasteiger partial charge >= 0.3 is 6.18 Å². The lowest BCUT2D eigenvalue weighted by atomic mass is 9.92. The molecule has 0 N–H and O–H groups in total. The van der Waals surface area contributed by atoms with Crippen molar-refractivity contribution >= 4 is 92.9 Å². The molecule has 0 aliphatic heterocycles. The van der Waals surface area contributed by atoms with Crippen LogP contribution in [-0.2, 0) is 6.18 Å². The Kier molecular flexibility index (Phi) is 8.65. The first-order valence-electron chi connectivity index (χ1n) is 23.5. The fourth-order valence-corrected chi connectivity index (χ4v) is 11.6. The van der Waals surface area contributed by atoms with Gasteiger partial charge in [0.1, 0.15) is 0 Å². The molecule has 8 heteroatoms. The van der Waals surface area contributed by atoms with Crippen LogP contribution in [-0.4, -0.2) is 18.3 Å². The SMILES string of the molecule is [C-]#[N+]c1c(-n2c3ccccc3c3ccc(-n4c5ccccc5c5ccccc54)cc32)ccc(-c2c(C)cccc2C(F)(F)F)c1-n1c2ccccc2c2ccc(-n3c4ccccc4c4ccccc43)cc21. The number of para-hydroxylation sites is 6. The Morgan fingerprint density at radius 1 is 0.380 bits per heavy atom. The van der Waals surface area contributed by atoms with E-state index < -0.39 is 11.7 Å². The minimum Gasteiger partial charge on any atom is -0.319 e. The van der Waals surface area contributed by atoms with E-state index in [-0.39, 0.29) is 11.3 Å². The number of halogens is 3. The predicted octanol–water partition coefficient (Wildman–Crippen LogP) is 17.6. The normalized spacial score (nSPS) is 12.2. The second-order valence-corrected chi connectivity index (χ2v) is 18.3. The zero-order valence-corrected chi connectivity index (χ0v) is 38.1. The maximum absolute atomic E-state index is 15.5. The predicted molar refractivity (Wildman–Crippen MR) is 285 cm³/mol. The minimum atomic E-state index is -4.68. The van der Waals surface area contributed by atoms with Gasteiger partial charge in [0.15, 0.2) is 0 Å². The molecule has 0 saturated heterocycles. The summed E-state index contributed by atoms with van der Waals surface area (Å²) in [6, 6.07) is 70.3. The van der Waals surface area contributed by atoms with Crippen LogP contribution in [0.4, 0.5) is 18.9 Å². The molecule has 0 aliphatic carbocycles. The van der Waals surface area contributed by atoms with Gasteiger partial charge in [0, 0.05) is 54.5 Å². The van der Waals surface area contributed by atoms with Crippen LogP contribution in [0.15, 0.2) is 212 Å². The molecule has 0 unspecified atom stereocenters. The van der Waals surface area contributed by atoms with E-state index >= 15 is 13.2 Å². The number of aryl methyl sites for hydroxylation is 1. The molecule has 0 bridgehead atoms. The first kappa shape index (κ1) is 40.7. The topological polar surface area (TPSA) is 24.1 Å². The molecule has 5 nitrogen and oxygen atoms in total. The van der Waals surface area contributed by atoms with E-state index in [0.717, 1.165) is 105 Å². The van der Waals surface area contributed by atoms with E-state index in [4.69, 9.17) is 0 Å². The van der Waals surface area contributed by atoms with Crippen molar-refractivity contribution in [2.24, 2.45) is 0 Å². The Morgan fingerprint density at radius 3 is 1.18 bits per heavy atom. The first-order valence-corrected chi connectivity index (χ1v) is 23.5. The van der Waals surface area contributed by atoms with E-state index in [9.17, 15) is 6.57 Å². The van der Waals surface area contributed by atoms with Crippen molar-refractivity contribution in [3.8, 4) is 33.9 Å². The van der Waals surface area contributed by atoms with Crippen LogP contribution in [0.2, 0.25) is 0 Å². The summed E-state index contributed by atoms with van der Waals surface area (Å²) in [4.78, 5) is 4.44. The Morgan fingerprint density at radius 2 is 0.761 bits per heavy atom. The highest BCUT2D eigenvalue weighted by atomic mass is 19.4. The number of hydrogen-bond acceptors (Lipinski definition) is 0. The number of nitrogens with zero attached hydrogens (tertiary/aromatic N) is 5. The molecule has 14 aromatic rings. The summed E-state index contributed by atoms with van der Waals surface area (Å²) >= 11 is 0. The number of fused-ring (bicyclic) bond motifs is 12. The first-order chi connectivity index (χ1) is 34.8. The highest BCUT2D eigenvalue weighted by molar-refractivity contribution is 6.15. The fourth-order valence-electron chi connectivity index (χ4n) is 11.6. The molecular formula is C63H38F3N5. The van der Waals surface area contributed by atoms with Gasteiger partial charge < -0.3 is 18.3 Å². The lowest BCUT2D eigenvalue weighted by Crippen LogP contribution is -2.10. The number of benzene rings is 10. The molecule has 0 aliphatic rings. The van der Waals surface area contributed by atoms with Gasteiger partial charge in [0.2, 0.25) is 5.69 Å². The molecule has 336 valence electrons. The molecule has 0 spiro atoms. The van der Waals surface area contributed by atoms with Crippen molar-refractivity contribution in [1.82, 2.24) is 18.3 Å². The number of aromatic nitrogens is 4. The Hall–Kier alpha value is -9.32. The third kappa shape index (κ3) is 5.81. The smallest absolute Gasteiger partial charge is 0.319 e. The summed E-state index contributed by atoms with van der Waals surface area (Å²) in [6.07, 6.45) is -4.68. The summed E-state index contributed by atoms with van der Waals surface area (Å²) in [5.74, 6) is 0. The van der Waals surface area contributed by atoms with Crippen LogP contribution in [0.3, 0.4) is 0 Å². The van der Waals surface area contributed by atoms with Crippen LogP contribution < -0.4 is 0 Å². The second-order valence-electron chi connectivity index (χ2n) is 18.3. The molecular weight excluding hydrogens is 884 g/mol. The van der Waals surface area contributed by atoms with Crippen LogP contribution in [0, 0.1) is 13.5 Å². The van der Waals surface area contributed by atoms with Crippen molar-refractivity contribution in [3.63, 3.8) is 0 Å². The van der Waals surface area contributed by atoms with E-state index in [1.807, 2.05) is 71.3 Å². The molecule has 4 aromatic heterocycles. The van der Waals surface area contributed by atoms with Gasteiger partial charge in [-0.2, -0.15) is 13.2 Å². The van der Waals surface area contributed by atoms with Crippen LogP contribution in [0.5, 0.6) is 0 Å². The van der Waals surface area contributed by atoms with Crippen LogP contribution in [0.25, 0.3) is 126 Å². The van der Waals surface area contributed by atoms with Crippen molar-refractivity contribution in [3.05, 3.63) is 235 Å². The van der Waals surface area contributed by atoms with E-state index in [1.54, 1.807) is 19.1 Å². The lowest BCUT2D eigenvalue weighted by molar-refractivity contribution is -0.137. The van der Waals surface area contributed by atoms with Crippen molar-refractivity contribution in [2.75, 3.05) is 0 Å². The van der Waals surface area contributed by atoms with Crippen LogP contribution in [0.1, 0.15) is 11.1 Å². The maximum atomic E-state index is 15.5. The molecule has 0 amide bonds. The average molecular weight is 922 g/mol. The summed E-state index contributed by atoms with van der Waals surface area (Å²) < 4.78 is 55.1. The summed E-state index contributed by atoms with van der Waals surface area (Å²) in [5, 5.41) is 8.30. The number of alkyl halides is 3. The van der Waals surface area contributed by atoms with Crippen LogP contribution >= 0.6 is 0 Å². The number of hydrogen-bond donors (Lipinski definition) is 0. The molecule has 4 heterocycles. The summed E-state index contributed by atoms with van der Waals surface area (Å²) in [5.41, 5.74) is 10.4. The molecule has 71 heavy (non-hydrogen) atoms. The van der Waals surface area contributed by atoms with Gasteiger partial charge in [-0.25, -0.2) is 4.85 Å². The Bertz CT molecular complexity index is 4500. The minimum absolute atomic E-state index is 0.0341. The standard InChI is InChI=1S/C63H38F3N5/c1-38-16-15-23-50(63(64,65)66)60(38)49-34-35-57(70-55-28-13-7-21-45(55)47-32-30-39(36-58(47)70)68-51-24-9-3-17-41(51)42-18-4-10-25-52(42)68)61(67-2)62(49)71-56-29-14-8-22-46(56)48-33-31-40(37-59(48)71)69-53-26-11-5-19-43(53)44-20-6-12-27-54(44)69/h3-37H,1H3. The van der Waals surface area contributed by atoms with Crippen molar-refractivity contribution in [2.45, 2.75) is 13.1 Å². The zero-order valence-electron chi connectivity index (χ0n) is 38.1. The quantitative estimate of drug-likeness (QED) is 0.154. The van der Waals surface area contributed by atoms with Gasteiger partial charge in [0.25, 0.3) is 0 Å². The number of rotatable bonds is 5. The third-order valence-electron chi connectivity index (χ3n) is 14.5. The van der Waals surface area contributed by atoms with E-state index in [0.29, 0.717) is 22.5 Å². The highest BCUT2D eigenvalue weighted by Crippen LogP contribution is 2.49. The maximum Gasteiger partial charge on any atom is 0.417 e. The molecule has 0 fully saturated rings. The zero-order chi connectivity index (χ0) is 47.7. The molecule has 10 aromatic carbocycles. The largest absolute Gasteiger partial charge is 0.417 e. The van der Waals surface area contributed by atoms with Gasteiger partial charge in [-0.05, 0) is 96.4 Å². The Balaban J connectivity index is 1.12. The van der Waals surface area contributed by atoms with E-state index in [2.05, 4.69) is 140 Å². The molecule has 0 atom stereocenters. The molecule has 14 rings (SSSR count). The fraction of sp³-hybridized carbons (Fsp3) is 0.0317. The van der Waals surface area contributed by atoms with Crippen molar-refractivity contribution in [1.29, 1.82) is 0 Å². The van der Waals surface area contributed by atoms with Gasteiger partial charge in [-0.15, -0.1) is 0 Å². The highest BCUT2D eigenvalue weighted by Gasteiger charge is 2.36. The van der Waals surface area contributed by atoms with E-state index in [1.165, 1.54) is 6.07 Å². The average Bonchev–Trinajstić information content (AvgIpc) is 4.13. The molecule has 0 saturated carbocycles. The Labute approximate surface area is 404 Å². The molecule has 0 radical (unpaired) electrons. The summed E-state index contributed by atoms with van der Waals surface area (Å²) in [7, 11) is 0. The van der Waals surface area contributed by atoms with Gasteiger partial charge in [-0.1, -0.05) is 140 Å². The summed E-state index contributed by atoms with van der Waals surface area (Å²) in [6.45, 7) is 11.0. The monoisotopic (exact) mass is 921 g/mol. The third-order valence-corrected chi connectivity index (χ3v) is 14.5.